The summed E-state index contributed by atoms with van der Waals surface area (Å²) in [5, 5.41) is 6.42. The van der Waals surface area contributed by atoms with Crippen molar-refractivity contribution in [3.8, 4) is 5.75 Å². The summed E-state index contributed by atoms with van der Waals surface area (Å²) in [7, 11) is 0. The van der Waals surface area contributed by atoms with Crippen molar-refractivity contribution in [1.82, 2.24) is 5.32 Å². The average Bonchev–Trinajstić information content (AvgIpc) is 2.43. The van der Waals surface area contributed by atoms with Gasteiger partial charge in [0, 0.05) is 6.04 Å². The van der Waals surface area contributed by atoms with E-state index < -0.39 is 0 Å². The van der Waals surface area contributed by atoms with Crippen molar-refractivity contribution < 1.29 is 9.53 Å². The van der Waals surface area contributed by atoms with Crippen molar-refractivity contribution in [2.24, 2.45) is 11.8 Å². The van der Waals surface area contributed by atoms with E-state index in [2.05, 4.69) is 44.4 Å². The van der Waals surface area contributed by atoms with E-state index in [0.29, 0.717) is 11.8 Å². The highest BCUT2D eigenvalue weighted by molar-refractivity contribution is 5.95. The van der Waals surface area contributed by atoms with Gasteiger partial charge in [0.05, 0.1) is 5.69 Å². The van der Waals surface area contributed by atoms with Gasteiger partial charge in [0.15, 0.2) is 6.61 Å². The molecule has 0 aromatic heterocycles. The normalized spacial score (nSPS) is 17.1. The standard InChI is InChI=1S/C16H24N2O2/c1-5-17-16(11(4)10(2)3)12-6-7-14-13(8-12)18-15(19)9-20-14/h6-8,10-11,16-17H,5,9H2,1-4H3,(H,18,19). The first kappa shape index (κ1) is 14.9. The Balaban J connectivity index is 2.29. The highest BCUT2D eigenvalue weighted by Crippen LogP contribution is 2.34. The number of hydrogen-bond acceptors (Lipinski definition) is 3. The summed E-state index contributed by atoms with van der Waals surface area (Å²) in [4.78, 5) is 11.4. The number of anilines is 1. The van der Waals surface area contributed by atoms with Crippen LogP contribution >= 0.6 is 0 Å². The summed E-state index contributed by atoms with van der Waals surface area (Å²) >= 11 is 0. The molecule has 4 heteroatoms. The molecule has 2 atom stereocenters. The number of amides is 1. The van der Waals surface area contributed by atoms with Gasteiger partial charge in [-0.15, -0.1) is 0 Å². The second-order valence-corrected chi connectivity index (χ2v) is 5.73. The van der Waals surface area contributed by atoms with E-state index in [4.69, 9.17) is 4.74 Å². The predicted octanol–water partition coefficient (Wildman–Crippen LogP) is 2.96. The summed E-state index contributed by atoms with van der Waals surface area (Å²) < 4.78 is 5.41. The minimum Gasteiger partial charge on any atom is -0.482 e. The van der Waals surface area contributed by atoms with Crippen molar-refractivity contribution in [2.45, 2.75) is 33.7 Å². The molecule has 1 amide bonds. The first-order valence-electron chi connectivity index (χ1n) is 7.33. The van der Waals surface area contributed by atoms with Gasteiger partial charge < -0.3 is 15.4 Å². The molecule has 1 aliphatic rings. The molecule has 20 heavy (non-hydrogen) atoms. The topological polar surface area (TPSA) is 50.4 Å². The van der Waals surface area contributed by atoms with Crippen LogP contribution in [0.4, 0.5) is 5.69 Å². The average molecular weight is 276 g/mol. The van der Waals surface area contributed by atoms with Crippen molar-refractivity contribution in [1.29, 1.82) is 0 Å². The van der Waals surface area contributed by atoms with E-state index in [1.807, 2.05) is 12.1 Å². The molecule has 1 aromatic carbocycles. The minimum atomic E-state index is -0.0911. The van der Waals surface area contributed by atoms with Crippen LogP contribution in [0.3, 0.4) is 0 Å². The first-order valence-corrected chi connectivity index (χ1v) is 7.33. The lowest BCUT2D eigenvalue weighted by molar-refractivity contribution is -0.118. The molecule has 110 valence electrons. The number of carbonyl (C=O) groups is 1. The van der Waals surface area contributed by atoms with Crippen LogP contribution in [-0.4, -0.2) is 19.1 Å². The maximum Gasteiger partial charge on any atom is 0.262 e. The van der Waals surface area contributed by atoms with Gasteiger partial charge >= 0.3 is 0 Å². The molecule has 1 heterocycles. The second kappa shape index (κ2) is 6.27. The molecule has 2 N–H and O–H groups in total. The van der Waals surface area contributed by atoms with Gasteiger partial charge in [-0.3, -0.25) is 4.79 Å². The molecule has 0 saturated heterocycles. The fourth-order valence-electron chi connectivity index (χ4n) is 2.51. The lowest BCUT2D eigenvalue weighted by Crippen LogP contribution is -2.30. The molecule has 2 unspecified atom stereocenters. The Kier molecular flexibility index (Phi) is 4.65. The van der Waals surface area contributed by atoms with Crippen molar-refractivity contribution >= 4 is 11.6 Å². The lowest BCUT2D eigenvalue weighted by atomic mass is 9.86. The lowest BCUT2D eigenvalue weighted by Gasteiger charge is -2.29. The summed E-state index contributed by atoms with van der Waals surface area (Å²) in [5.41, 5.74) is 1.97. The van der Waals surface area contributed by atoms with Crippen LogP contribution in [0.1, 0.15) is 39.3 Å². The van der Waals surface area contributed by atoms with Gasteiger partial charge in [-0.1, -0.05) is 33.8 Å². The van der Waals surface area contributed by atoms with Crippen LogP contribution in [0.15, 0.2) is 18.2 Å². The number of hydrogen-bond donors (Lipinski definition) is 2. The zero-order valence-corrected chi connectivity index (χ0v) is 12.7. The molecule has 0 saturated carbocycles. The van der Waals surface area contributed by atoms with Gasteiger partial charge in [0.2, 0.25) is 0 Å². The Hall–Kier alpha value is -1.55. The van der Waals surface area contributed by atoms with Crippen LogP contribution in [-0.2, 0) is 4.79 Å². The van der Waals surface area contributed by atoms with Crippen LogP contribution in [0.25, 0.3) is 0 Å². The van der Waals surface area contributed by atoms with Crippen LogP contribution in [0, 0.1) is 11.8 Å². The van der Waals surface area contributed by atoms with Gasteiger partial charge in [0.25, 0.3) is 5.91 Å². The molecule has 2 rings (SSSR count). The third-order valence-corrected chi connectivity index (χ3v) is 4.00. The quantitative estimate of drug-likeness (QED) is 0.869. The number of fused-ring (bicyclic) bond motifs is 1. The summed E-state index contributed by atoms with van der Waals surface area (Å²) in [6, 6.07) is 6.34. The molecule has 0 radical (unpaired) electrons. The van der Waals surface area contributed by atoms with E-state index in [0.717, 1.165) is 18.0 Å². The number of nitrogens with one attached hydrogen (secondary N) is 2. The molecular formula is C16H24N2O2. The highest BCUT2D eigenvalue weighted by Gasteiger charge is 2.23. The molecule has 0 bridgehead atoms. The van der Waals surface area contributed by atoms with E-state index in [9.17, 15) is 4.79 Å². The predicted molar refractivity (Wildman–Crippen MR) is 81.0 cm³/mol. The fourth-order valence-corrected chi connectivity index (χ4v) is 2.51. The number of carbonyl (C=O) groups excluding carboxylic acids is 1. The third-order valence-electron chi connectivity index (χ3n) is 4.00. The second-order valence-electron chi connectivity index (χ2n) is 5.73. The molecule has 0 spiro atoms. The van der Waals surface area contributed by atoms with Gasteiger partial charge in [0.1, 0.15) is 5.75 Å². The van der Waals surface area contributed by atoms with Gasteiger partial charge in [-0.05, 0) is 36.1 Å². The Morgan fingerprint density at radius 3 is 2.75 bits per heavy atom. The Morgan fingerprint density at radius 1 is 1.35 bits per heavy atom. The zero-order chi connectivity index (χ0) is 14.7. The number of benzene rings is 1. The van der Waals surface area contributed by atoms with E-state index in [-0.39, 0.29) is 18.6 Å². The maximum atomic E-state index is 11.4. The fraction of sp³-hybridized carbons (Fsp3) is 0.562. The van der Waals surface area contributed by atoms with Crippen molar-refractivity contribution in [3.63, 3.8) is 0 Å². The molecule has 0 aliphatic carbocycles. The third kappa shape index (κ3) is 3.12. The van der Waals surface area contributed by atoms with Crippen LogP contribution in [0.2, 0.25) is 0 Å². The first-order chi connectivity index (χ1) is 9.52. The Morgan fingerprint density at radius 2 is 2.10 bits per heavy atom. The highest BCUT2D eigenvalue weighted by atomic mass is 16.5. The Labute approximate surface area is 120 Å². The molecular weight excluding hydrogens is 252 g/mol. The van der Waals surface area contributed by atoms with Gasteiger partial charge in [-0.2, -0.15) is 0 Å². The Bertz CT molecular complexity index is 485. The maximum absolute atomic E-state index is 11.4. The minimum absolute atomic E-state index is 0.0911. The van der Waals surface area contributed by atoms with Crippen molar-refractivity contribution in [3.05, 3.63) is 23.8 Å². The van der Waals surface area contributed by atoms with Crippen molar-refractivity contribution in [2.75, 3.05) is 18.5 Å². The smallest absolute Gasteiger partial charge is 0.262 e. The summed E-state index contributed by atoms with van der Waals surface area (Å²) in [6.45, 7) is 9.86. The molecule has 4 nitrogen and oxygen atoms in total. The van der Waals surface area contributed by atoms with Gasteiger partial charge in [-0.25, -0.2) is 0 Å². The molecule has 0 fully saturated rings. The van der Waals surface area contributed by atoms with Crippen LogP contribution < -0.4 is 15.4 Å². The summed E-state index contributed by atoms with van der Waals surface area (Å²) in [6.07, 6.45) is 0. The molecule has 1 aromatic rings. The largest absolute Gasteiger partial charge is 0.482 e. The summed E-state index contributed by atoms with van der Waals surface area (Å²) in [5.74, 6) is 1.75. The van der Waals surface area contributed by atoms with E-state index >= 15 is 0 Å². The SMILES string of the molecule is CCNC(c1ccc2c(c1)NC(=O)CO2)C(C)C(C)C. The molecule has 1 aliphatic heterocycles. The number of rotatable bonds is 5. The van der Waals surface area contributed by atoms with E-state index in [1.165, 1.54) is 5.56 Å². The monoisotopic (exact) mass is 276 g/mol. The zero-order valence-electron chi connectivity index (χ0n) is 12.7. The van der Waals surface area contributed by atoms with Crippen LogP contribution in [0.5, 0.6) is 5.75 Å². The van der Waals surface area contributed by atoms with E-state index in [1.54, 1.807) is 0 Å². The number of ether oxygens (including phenoxy) is 1.